The Hall–Kier alpha value is -0.570. The van der Waals surface area contributed by atoms with Gasteiger partial charge in [-0.2, -0.15) is 0 Å². The Morgan fingerprint density at radius 3 is 2.08 bits per heavy atom. The fourth-order valence-electron chi connectivity index (χ4n) is 1.41. The maximum Gasteiger partial charge on any atom is 0.228 e. The van der Waals surface area contributed by atoms with Gasteiger partial charge in [0.2, 0.25) is 5.91 Å². The van der Waals surface area contributed by atoms with Crippen LogP contribution in [0.5, 0.6) is 0 Å². The van der Waals surface area contributed by atoms with Gasteiger partial charge in [-0.1, -0.05) is 13.8 Å². The molecule has 0 saturated carbocycles. The van der Waals surface area contributed by atoms with E-state index in [4.69, 9.17) is 5.73 Å². The lowest BCUT2D eigenvalue weighted by atomic mass is 9.87. The molecule has 0 aliphatic rings. The minimum atomic E-state index is -0.305. The van der Waals surface area contributed by atoms with Crippen LogP contribution in [0.3, 0.4) is 0 Å². The zero-order chi connectivity index (χ0) is 10.5. The Morgan fingerprint density at radius 2 is 1.77 bits per heavy atom. The number of hydrogen-bond acceptors (Lipinski definition) is 2. The van der Waals surface area contributed by atoms with Crippen LogP contribution in [-0.4, -0.2) is 30.4 Å². The van der Waals surface area contributed by atoms with Gasteiger partial charge in [-0.25, -0.2) is 0 Å². The van der Waals surface area contributed by atoms with Crippen molar-refractivity contribution in [3.8, 4) is 0 Å². The Labute approximate surface area is 81.3 Å². The van der Waals surface area contributed by atoms with Gasteiger partial charge in [0.1, 0.15) is 0 Å². The molecule has 0 aliphatic heterocycles. The molecule has 3 nitrogen and oxygen atoms in total. The minimum Gasteiger partial charge on any atom is -0.343 e. The summed E-state index contributed by atoms with van der Waals surface area (Å²) in [6.07, 6.45) is 0.752. The van der Waals surface area contributed by atoms with Crippen LogP contribution in [0.2, 0.25) is 0 Å². The van der Waals surface area contributed by atoms with Crippen LogP contribution in [-0.2, 0) is 4.79 Å². The largest absolute Gasteiger partial charge is 0.343 e. The Kier molecular flexibility index (Phi) is 4.99. The molecule has 0 aromatic carbocycles. The summed E-state index contributed by atoms with van der Waals surface area (Å²) < 4.78 is 0. The number of carbonyl (C=O) groups is 1. The van der Waals surface area contributed by atoms with Crippen molar-refractivity contribution in [2.24, 2.45) is 11.1 Å². The van der Waals surface area contributed by atoms with Crippen LogP contribution in [0.1, 0.15) is 34.1 Å². The van der Waals surface area contributed by atoms with Crippen molar-refractivity contribution in [2.45, 2.75) is 34.1 Å². The number of carbonyl (C=O) groups excluding carboxylic acids is 1. The zero-order valence-electron chi connectivity index (χ0n) is 9.26. The molecular formula is C10H22N2O. The molecule has 0 spiro atoms. The van der Waals surface area contributed by atoms with Gasteiger partial charge in [0.05, 0.1) is 0 Å². The first-order valence-corrected chi connectivity index (χ1v) is 4.99. The summed E-state index contributed by atoms with van der Waals surface area (Å²) in [7, 11) is 0. The molecule has 3 heteroatoms. The van der Waals surface area contributed by atoms with E-state index in [-0.39, 0.29) is 11.3 Å². The summed E-state index contributed by atoms with van der Waals surface area (Å²) in [5.74, 6) is 0.211. The third-order valence-electron chi connectivity index (χ3n) is 2.40. The standard InChI is InChI=1S/C10H22N2O/c1-5-12(6-2)9(13)10(3,4)7-8-11/h5-8,11H2,1-4H3. The van der Waals surface area contributed by atoms with E-state index in [1.165, 1.54) is 0 Å². The highest BCUT2D eigenvalue weighted by atomic mass is 16.2. The number of nitrogens with two attached hydrogens (primary N) is 1. The fourth-order valence-corrected chi connectivity index (χ4v) is 1.41. The topological polar surface area (TPSA) is 46.3 Å². The van der Waals surface area contributed by atoms with E-state index in [0.717, 1.165) is 19.5 Å². The molecule has 0 saturated heterocycles. The molecule has 2 N–H and O–H groups in total. The highest BCUT2D eigenvalue weighted by molar-refractivity contribution is 5.81. The van der Waals surface area contributed by atoms with Crippen LogP contribution in [0, 0.1) is 5.41 Å². The van der Waals surface area contributed by atoms with E-state index >= 15 is 0 Å². The molecule has 0 unspecified atom stereocenters. The SMILES string of the molecule is CCN(CC)C(=O)C(C)(C)CCN. The molecule has 0 atom stereocenters. The molecule has 13 heavy (non-hydrogen) atoms. The van der Waals surface area contributed by atoms with Crippen molar-refractivity contribution in [3.63, 3.8) is 0 Å². The fraction of sp³-hybridized carbons (Fsp3) is 0.900. The first kappa shape index (κ1) is 12.4. The molecule has 0 aliphatic carbocycles. The summed E-state index contributed by atoms with van der Waals surface area (Å²) in [6, 6.07) is 0. The lowest BCUT2D eigenvalue weighted by Gasteiger charge is -2.30. The van der Waals surface area contributed by atoms with Crippen molar-refractivity contribution in [3.05, 3.63) is 0 Å². The Morgan fingerprint density at radius 1 is 1.31 bits per heavy atom. The molecule has 0 fully saturated rings. The monoisotopic (exact) mass is 186 g/mol. The highest BCUT2D eigenvalue weighted by Gasteiger charge is 2.29. The van der Waals surface area contributed by atoms with Crippen LogP contribution in [0.4, 0.5) is 0 Å². The quantitative estimate of drug-likeness (QED) is 0.702. The molecular weight excluding hydrogens is 164 g/mol. The van der Waals surface area contributed by atoms with Crippen molar-refractivity contribution in [1.29, 1.82) is 0 Å². The van der Waals surface area contributed by atoms with Crippen LogP contribution in [0.15, 0.2) is 0 Å². The highest BCUT2D eigenvalue weighted by Crippen LogP contribution is 2.22. The van der Waals surface area contributed by atoms with Gasteiger partial charge in [0, 0.05) is 18.5 Å². The molecule has 0 rings (SSSR count). The van der Waals surface area contributed by atoms with Gasteiger partial charge in [-0.3, -0.25) is 4.79 Å². The lowest BCUT2D eigenvalue weighted by molar-refractivity contribution is -0.140. The summed E-state index contributed by atoms with van der Waals surface area (Å²) in [4.78, 5) is 13.7. The van der Waals surface area contributed by atoms with Crippen molar-refractivity contribution >= 4 is 5.91 Å². The Bertz CT molecular complexity index is 162. The molecule has 0 aromatic rings. The van der Waals surface area contributed by atoms with Gasteiger partial charge in [-0.15, -0.1) is 0 Å². The summed E-state index contributed by atoms with van der Waals surface area (Å²) in [5, 5.41) is 0. The maximum absolute atomic E-state index is 11.9. The van der Waals surface area contributed by atoms with Crippen molar-refractivity contribution in [1.82, 2.24) is 4.90 Å². The molecule has 0 heterocycles. The molecule has 0 radical (unpaired) electrons. The van der Waals surface area contributed by atoms with E-state index < -0.39 is 0 Å². The van der Waals surface area contributed by atoms with Gasteiger partial charge in [0.15, 0.2) is 0 Å². The van der Waals surface area contributed by atoms with Crippen molar-refractivity contribution in [2.75, 3.05) is 19.6 Å². The first-order valence-electron chi connectivity index (χ1n) is 4.99. The number of rotatable bonds is 5. The second kappa shape index (κ2) is 5.22. The van der Waals surface area contributed by atoms with E-state index in [1.54, 1.807) is 0 Å². The predicted molar refractivity (Wildman–Crippen MR) is 55.4 cm³/mol. The number of nitrogens with zero attached hydrogens (tertiary/aromatic N) is 1. The summed E-state index contributed by atoms with van der Waals surface area (Å²) in [5.41, 5.74) is 5.16. The Balaban J connectivity index is 4.36. The molecule has 78 valence electrons. The maximum atomic E-state index is 11.9. The van der Waals surface area contributed by atoms with Gasteiger partial charge < -0.3 is 10.6 Å². The van der Waals surface area contributed by atoms with Gasteiger partial charge in [0.25, 0.3) is 0 Å². The second-order valence-electron chi connectivity index (χ2n) is 3.90. The molecule has 0 bridgehead atoms. The van der Waals surface area contributed by atoms with Crippen molar-refractivity contribution < 1.29 is 4.79 Å². The average Bonchev–Trinajstić information content (AvgIpc) is 2.06. The lowest BCUT2D eigenvalue weighted by Crippen LogP contribution is -2.41. The van der Waals surface area contributed by atoms with Crippen LogP contribution >= 0.6 is 0 Å². The minimum absolute atomic E-state index is 0.211. The normalized spacial score (nSPS) is 11.5. The van der Waals surface area contributed by atoms with Crippen LogP contribution < -0.4 is 5.73 Å². The van der Waals surface area contributed by atoms with Crippen LogP contribution in [0.25, 0.3) is 0 Å². The number of hydrogen-bond donors (Lipinski definition) is 1. The smallest absolute Gasteiger partial charge is 0.228 e. The molecule has 1 amide bonds. The second-order valence-corrected chi connectivity index (χ2v) is 3.90. The van der Waals surface area contributed by atoms with E-state index in [2.05, 4.69) is 0 Å². The van der Waals surface area contributed by atoms with E-state index in [1.807, 2.05) is 32.6 Å². The zero-order valence-corrected chi connectivity index (χ0v) is 9.26. The van der Waals surface area contributed by atoms with E-state index in [9.17, 15) is 4.79 Å². The van der Waals surface area contributed by atoms with E-state index in [0.29, 0.717) is 6.54 Å². The third-order valence-corrected chi connectivity index (χ3v) is 2.40. The third kappa shape index (κ3) is 3.35. The van der Waals surface area contributed by atoms with Gasteiger partial charge >= 0.3 is 0 Å². The summed E-state index contributed by atoms with van der Waals surface area (Å²) in [6.45, 7) is 10.0. The average molecular weight is 186 g/mol. The predicted octanol–water partition coefficient (Wildman–Crippen LogP) is 1.23. The van der Waals surface area contributed by atoms with Gasteiger partial charge in [-0.05, 0) is 26.8 Å². The first-order chi connectivity index (χ1) is 5.99. The molecule has 0 aromatic heterocycles. The number of amides is 1. The summed E-state index contributed by atoms with van der Waals surface area (Å²) >= 11 is 0.